The molecule has 0 bridgehead atoms. The lowest BCUT2D eigenvalue weighted by atomic mass is 9.99. The zero-order valence-electron chi connectivity index (χ0n) is 16.3. The number of aromatic hydroxyl groups is 1. The molecule has 6 nitrogen and oxygen atoms in total. The largest absolute Gasteiger partial charge is 0.494 e. The maximum absolute atomic E-state index is 12.8. The zero-order chi connectivity index (χ0) is 21.0. The van der Waals surface area contributed by atoms with Gasteiger partial charge in [-0.05, 0) is 29.7 Å². The van der Waals surface area contributed by atoms with E-state index in [1.54, 1.807) is 11.8 Å². The van der Waals surface area contributed by atoms with Crippen LogP contribution in [0.1, 0.15) is 11.1 Å². The molecule has 0 fully saturated rings. The maximum Gasteiger partial charge on any atom is 0.333 e. The van der Waals surface area contributed by atoms with Gasteiger partial charge in [-0.25, -0.2) is 9.79 Å². The Morgan fingerprint density at radius 2 is 1.67 bits per heavy atom. The van der Waals surface area contributed by atoms with E-state index >= 15 is 0 Å². The van der Waals surface area contributed by atoms with E-state index in [4.69, 9.17) is 0 Å². The highest BCUT2D eigenvalue weighted by Gasteiger charge is 2.27. The first kappa shape index (κ1) is 18.4. The van der Waals surface area contributed by atoms with Gasteiger partial charge in [-0.2, -0.15) is 0 Å². The van der Waals surface area contributed by atoms with Crippen LogP contribution in [-0.4, -0.2) is 20.0 Å². The average molecular weight is 415 g/mol. The molecule has 2 heterocycles. The minimum Gasteiger partial charge on any atom is -0.494 e. The molecule has 4 aromatic rings. The van der Waals surface area contributed by atoms with Crippen LogP contribution in [0.3, 0.4) is 0 Å². The summed E-state index contributed by atoms with van der Waals surface area (Å²) in [5.41, 5.74) is 0.759. The fourth-order valence-corrected chi connectivity index (χ4v) is 4.73. The van der Waals surface area contributed by atoms with E-state index in [0.717, 1.165) is 40.9 Å². The van der Waals surface area contributed by atoms with Crippen LogP contribution in [0.2, 0.25) is 0 Å². The lowest BCUT2D eigenvalue weighted by Crippen LogP contribution is -2.40. The van der Waals surface area contributed by atoms with Crippen LogP contribution in [0.25, 0.3) is 10.8 Å². The molecule has 7 heteroatoms. The molecule has 1 N–H and O–H groups in total. The summed E-state index contributed by atoms with van der Waals surface area (Å²) >= 11 is 1.66. The molecule has 0 saturated carbocycles. The Morgan fingerprint density at radius 3 is 2.43 bits per heavy atom. The van der Waals surface area contributed by atoms with Crippen LogP contribution in [0.15, 0.2) is 85.0 Å². The first-order valence-corrected chi connectivity index (χ1v) is 10.2. The standard InChI is InChI=1S/C23H17N3O3S/c1-25-21(27)19(22(28)26(2)23(25)29)20-15-10-6-9-14-17(12-11-16(24-20)18(14)15)30-13-7-4-3-5-8-13/h3-12,27H,1-2H3. The highest BCUT2D eigenvalue weighted by molar-refractivity contribution is 7.99. The molecular formula is C23H17N3O3S. The van der Waals surface area contributed by atoms with E-state index in [1.807, 2.05) is 48.5 Å². The summed E-state index contributed by atoms with van der Waals surface area (Å²) in [4.78, 5) is 31.8. The Bertz CT molecular complexity index is 1480. The van der Waals surface area contributed by atoms with Crippen molar-refractivity contribution in [3.8, 4) is 5.88 Å². The molecule has 1 aliphatic rings. The molecule has 30 heavy (non-hydrogen) atoms. The number of hydrogen-bond acceptors (Lipinski definition) is 5. The summed E-state index contributed by atoms with van der Waals surface area (Å²) in [5, 5.41) is 12.6. The normalized spacial score (nSPS) is 12.4. The quantitative estimate of drug-likeness (QED) is 0.489. The first-order valence-electron chi connectivity index (χ1n) is 9.34. The summed E-state index contributed by atoms with van der Waals surface area (Å²) in [5.74, 6) is -0.384. The number of aromatic nitrogens is 2. The van der Waals surface area contributed by atoms with Gasteiger partial charge in [0.25, 0.3) is 5.56 Å². The molecule has 1 aliphatic heterocycles. The third-order valence-electron chi connectivity index (χ3n) is 5.31. The van der Waals surface area contributed by atoms with Crippen molar-refractivity contribution in [3.05, 3.63) is 92.6 Å². The molecule has 3 aromatic carbocycles. The summed E-state index contributed by atoms with van der Waals surface area (Å²) in [6, 6.07) is 19.9. The molecule has 0 amide bonds. The summed E-state index contributed by atoms with van der Waals surface area (Å²) in [6.07, 6.45) is 0. The monoisotopic (exact) mass is 415 g/mol. The zero-order valence-corrected chi connectivity index (χ0v) is 17.1. The molecule has 0 atom stereocenters. The van der Waals surface area contributed by atoms with E-state index < -0.39 is 11.2 Å². The molecule has 0 aliphatic carbocycles. The van der Waals surface area contributed by atoms with Gasteiger partial charge < -0.3 is 5.11 Å². The van der Waals surface area contributed by atoms with E-state index in [1.165, 1.54) is 14.1 Å². The van der Waals surface area contributed by atoms with Crippen LogP contribution >= 0.6 is 11.8 Å². The Morgan fingerprint density at radius 1 is 0.900 bits per heavy atom. The van der Waals surface area contributed by atoms with Crippen LogP contribution in [0.5, 0.6) is 5.88 Å². The van der Waals surface area contributed by atoms with Gasteiger partial charge in [0.15, 0.2) is 0 Å². The molecule has 0 saturated heterocycles. The van der Waals surface area contributed by atoms with E-state index in [9.17, 15) is 14.7 Å². The minimum absolute atomic E-state index is 0.0283. The van der Waals surface area contributed by atoms with E-state index in [2.05, 4.69) is 17.1 Å². The lowest BCUT2D eigenvalue weighted by molar-refractivity contribution is 0.410. The lowest BCUT2D eigenvalue weighted by Gasteiger charge is -2.11. The van der Waals surface area contributed by atoms with Crippen molar-refractivity contribution in [2.75, 3.05) is 0 Å². The summed E-state index contributed by atoms with van der Waals surface area (Å²) in [7, 11) is 2.82. The second kappa shape index (κ2) is 6.74. The molecule has 0 radical (unpaired) electrons. The Hall–Kier alpha value is -3.58. The second-order valence-electron chi connectivity index (χ2n) is 7.09. The smallest absolute Gasteiger partial charge is 0.333 e. The van der Waals surface area contributed by atoms with Gasteiger partial charge in [0.2, 0.25) is 5.88 Å². The van der Waals surface area contributed by atoms with Crippen molar-refractivity contribution in [1.29, 1.82) is 0 Å². The minimum atomic E-state index is -0.586. The number of benzene rings is 3. The summed E-state index contributed by atoms with van der Waals surface area (Å²) < 4.78 is 2.04. The van der Waals surface area contributed by atoms with Crippen molar-refractivity contribution in [1.82, 2.24) is 9.13 Å². The Kier molecular flexibility index (Phi) is 4.15. The van der Waals surface area contributed by atoms with Crippen molar-refractivity contribution >= 4 is 33.9 Å². The molecule has 0 spiro atoms. The number of rotatable bonds is 3. The molecule has 1 aromatic heterocycles. The van der Waals surface area contributed by atoms with Crippen molar-refractivity contribution in [2.45, 2.75) is 9.79 Å². The first-order chi connectivity index (χ1) is 14.5. The van der Waals surface area contributed by atoms with Gasteiger partial charge >= 0.3 is 5.69 Å². The van der Waals surface area contributed by atoms with Gasteiger partial charge in [-0.1, -0.05) is 48.2 Å². The van der Waals surface area contributed by atoms with Gasteiger partial charge in [-0.15, -0.1) is 0 Å². The van der Waals surface area contributed by atoms with Crippen molar-refractivity contribution in [3.63, 3.8) is 0 Å². The van der Waals surface area contributed by atoms with Gasteiger partial charge in [-0.3, -0.25) is 13.9 Å². The Balaban J connectivity index is 1.73. The fourth-order valence-electron chi connectivity index (χ4n) is 3.77. The van der Waals surface area contributed by atoms with Crippen LogP contribution in [-0.2, 0) is 14.1 Å². The topological polar surface area (TPSA) is 76.6 Å². The van der Waals surface area contributed by atoms with E-state index in [-0.39, 0.29) is 11.4 Å². The summed E-state index contributed by atoms with van der Waals surface area (Å²) in [6.45, 7) is 0. The predicted molar refractivity (Wildman–Crippen MR) is 118 cm³/mol. The maximum atomic E-state index is 12.8. The highest BCUT2D eigenvalue weighted by atomic mass is 32.2. The highest BCUT2D eigenvalue weighted by Crippen LogP contribution is 2.43. The van der Waals surface area contributed by atoms with Crippen molar-refractivity contribution in [2.24, 2.45) is 19.1 Å². The van der Waals surface area contributed by atoms with Gasteiger partial charge in [0.1, 0.15) is 5.56 Å². The van der Waals surface area contributed by atoms with Crippen molar-refractivity contribution < 1.29 is 5.11 Å². The average Bonchev–Trinajstić information content (AvgIpc) is 3.13. The van der Waals surface area contributed by atoms with Crippen LogP contribution in [0, 0.1) is 0 Å². The predicted octanol–water partition coefficient (Wildman–Crippen LogP) is 3.58. The third-order valence-corrected chi connectivity index (χ3v) is 6.39. The number of nitrogens with zero attached hydrogens (tertiary/aromatic N) is 3. The Labute approximate surface area is 175 Å². The molecule has 148 valence electrons. The molecular weight excluding hydrogens is 398 g/mol. The van der Waals surface area contributed by atoms with Crippen LogP contribution in [0.4, 0.5) is 5.69 Å². The SMILES string of the molecule is Cn1c(O)c(C2=Nc3ccc(Sc4ccccc4)c4cccc2c34)c(=O)n(C)c1=O. The van der Waals surface area contributed by atoms with Gasteiger partial charge in [0, 0.05) is 34.8 Å². The fraction of sp³-hybridized carbons (Fsp3) is 0.0870. The number of hydrogen-bond donors (Lipinski definition) is 1. The molecule has 0 unspecified atom stereocenters. The van der Waals surface area contributed by atoms with Gasteiger partial charge in [0.05, 0.1) is 11.4 Å². The van der Waals surface area contributed by atoms with E-state index in [0.29, 0.717) is 5.71 Å². The second-order valence-corrected chi connectivity index (χ2v) is 8.21. The number of aliphatic imine (C=N–C) groups is 1. The molecule has 5 rings (SSSR count). The third kappa shape index (κ3) is 2.63. The van der Waals surface area contributed by atoms with Crippen LogP contribution < -0.4 is 11.2 Å².